The maximum Gasteiger partial charge on any atom is 0.280 e. The Bertz CT molecular complexity index is 418. The Labute approximate surface area is 100 Å². The summed E-state index contributed by atoms with van der Waals surface area (Å²) in [5.41, 5.74) is 0.482. The van der Waals surface area contributed by atoms with E-state index in [9.17, 15) is 8.78 Å². The largest absolute Gasteiger partial charge is 0.494 e. The van der Waals surface area contributed by atoms with E-state index in [2.05, 4.69) is 20.9 Å². The van der Waals surface area contributed by atoms with Gasteiger partial charge in [0.1, 0.15) is 11.4 Å². The zero-order valence-electron chi connectivity index (χ0n) is 8.51. The van der Waals surface area contributed by atoms with Crippen LogP contribution in [-0.2, 0) is 11.8 Å². The van der Waals surface area contributed by atoms with Gasteiger partial charge in [0.25, 0.3) is 6.43 Å². The van der Waals surface area contributed by atoms with E-state index in [0.29, 0.717) is 22.3 Å². The Balaban J connectivity index is 3.32. The number of methoxy groups -OCH3 is 1. The number of aromatic nitrogens is 1. The number of rotatable bonds is 4. The van der Waals surface area contributed by atoms with E-state index in [4.69, 9.17) is 10.00 Å². The van der Waals surface area contributed by atoms with Crippen LogP contribution in [0.25, 0.3) is 0 Å². The Morgan fingerprint density at radius 1 is 1.62 bits per heavy atom. The summed E-state index contributed by atoms with van der Waals surface area (Å²) in [6.07, 6.45) is -2.63. The molecule has 3 nitrogen and oxygen atoms in total. The van der Waals surface area contributed by atoms with Crippen molar-refractivity contribution in [3.05, 3.63) is 23.0 Å². The fourth-order valence-electron chi connectivity index (χ4n) is 1.34. The molecule has 0 unspecified atom stereocenters. The fourth-order valence-corrected chi connectivity index (χ4v) is 1.72. The standard InChI is InChI=1S/C10H9BrF2N2O/c1-16-9-6(2-3-14)4-7(10(12)13)15-8(9)5-11/h4,10H,2,5H2,1H3. The Hall–Kier alpha value is -1.22. The van der Waals surface area contributed by atoms with Gasteiger partial charge in [-0.15, -0.1) is 0 Å². The molecule has 86 valence electrons. The van der Waals surface area contributed by atoms with E-state index in [-0.39, 0.29) is 12.1 Å². The molecular weight excluding hydrogens is 282 g/mol. The van der Waals surface area contributed by atoms with Crippen LogP contribution in [0.4, 0.5) is 8.78 Å². The van der Waals surface area contributed by atoms with E-state index in [1.165, 1.54) is 13.2 Å². The van der Waals surface area contributed by atoms with Gasteiger partial charge in [-0.3, -0.25) is 0 Å². The molecule has 1 aromatic rings. The normalized spacial score (nSPS) is 10.2. The van der Waals surface area contributed by atoms with E-state index in [1.807, 2.05) is 6.07 Å². The molecule has 1 rings (SSSR count). The van der Waals surface area contributed by atoms with Gasteiger partial charge >= 0.3 is 0 Å². The van der Waals surface area contributed by atoms with E-state index in [1.54, 1.807) is 0 Å². The lowest BCUT2D eigenvalue weighted by molar-refractivity contribution is 0.145. The van der Waals surface area contributed by atoms with Crippen molar-refractivity contribution in [1.29, 1.82) is 5.26 Å². The van der Waals surface area contributed by atoms with Crippen molar-refractivity contribution in [2.45, 2.75) is 18.2 Å². The summed E-state index contributed by atoms with van der Waals surface area (Å²) in [5.74, 6) is 0.392. The predicted octanol–water partition coefficient (Wildman–Crippen LogP) is 2.99. The Kier molecular flexibility index (Phi) is 4.62. The lowest BCUT2D eigenvalue weighted by atomic mass is 10.1. The zero-order valence-corrected chi connectivity index (χ0v) is 10.1. The summed E-state index contributed by atoms with van der Waals surface area (Å²) < 4.78 is 30.1. The SMILES string of the molecule is COc1c(CC#N)cc(C(F)F)nc1CBr. The smallest absolute Gasteiger partial charge is 0.280 e. The van der Waals surface area contributed by atoms with Gasteiger partial charge < -0.3 is 4.74 Å². The summed E-state index contributed by atoms with van der Waals surface area (Å²) in [5, 5.41) is 8.91. The third kappa shape index (κ3) is 2.67. The maximum atomic E-state index is 12.5. The monoisotopic (exact) mass is 290 g/mol. The van der Waals surface area contributed by atoms with Crippen LogP contribution in [0.5, 0.6) is 5.75 Å². The molecule has 0 spiro atoms. The minimum atomic E-state index is -2.65. The first-order valence-electron chi connectivity index (χ1n) is 4.41. The minimum absolute atomic E-state index is 0.0193. The third-order valence-corrected chi connectivity index (χ3v) is 2.49. The highest BCUT2D eigenvalue weighted by Crippen LogP contribution is 2.29. The fraction of sp³-hybridized carbons (Fsp3) is 0.400. The number of ether oxygens (including phenoxy) is 1. The highest BCUT2D eigenvalue weighted by Gasteiger charge is 2.17. The topological polar surface area (TPSA) is 45.9 Å². The molecule has 0 N–H and O–H groups in total. The average Bonchev–Trinajstić information content (AvgIpc) is 2.28. The van der Waals surface area contributed by atoms with Gasteiger partial charge in [-0.1, -0.05) is 15.9 Å². The zero-order chi connectivity index (χ0) is 12.1. The number of nitriles is 1. The molecule has 0 aliphatic carbocycles. The second-order valence-electron chi connectivity index (χ2n) is 2.96. The van der Waals surface area contributed by atoms with Gasteiger partial charge in [0.05, 0.1) is 25.3 Å². The Morgan fingerprint density at radius 3 is 2.75 bits per heavy atom. The van der Waals surface area contributed by atoms with Crippen LogP contribution >= 0.6 is 15.9 Å². The van der Waals surface area contributed by atoms with E-state index >= 15 is 0 Å². The number of halogens is 3. The summed E-state index contributed by atoms with van der Waals surface area (Å²) in [6, 6.07) is 3.12. The van der Waals surface area contributed by atoms with Crippen molar-refractivity contribution in [2.24, 2.45) is 0 Å². The van der Waals surface area contributed by atoms with Crippen molar-refractivity contribution in [3.8, 4) is 11.8 Å². The van der Waals surface area contributed by atoms with Crippen LogP contribution < -0.4 is 4.74 Å². The van der Waals surface area contributed by atoms with Crippen LogP contribution in [0, 0.1) is 11.3 Å². The van der Waals surface area contributed by atoms with Crippen LogP contribution in [0.1, 0.15) is 23.4 Å². The summed E-state index contributed by atoms with van der Waals surface area (Å²) in [6.45, 7) is 0. The molecule has 6 heteroatoms. The maximum absolute atomic E-state index is 12.5. The molecule has 0 atom stereocenters. The molecule has 1 heterocycles. The number of pyridine rings is 1. The minimum Gasteiger partial charge on any atom is -0.494 e. The van der Waals surface area contributed by atoms with Crippen molar-refractivity contribution in [2.75, 3.05) is 7.11 Å². The van der Waals surface area contributed by atoms with Crippen LogP contribution in [0.2, 0.25) is 0 Å². The Morgan fingerprint density at radius 2 is 2.31 bits per heavy atom. The summed E-state index contributed by atoms with van der Waals surface area (Å²) in [7, 11) is 1.42. The first-order chi connectivity index (χ1) is 7.63. The summed E-state index contributed by atoms with van der Waals surface area (Å²) in [4.78, 5) is 3.77. The lowest BCUT2D eigenvalue weighted by Gasteiger charge is -2.11. The molecule has 0 saturated carbocycles. The highest BCUT2D eigenvalue weighted by molar-refractivity contribution is 9.08. The highest BCUT2D eigenvalue weighted by atomic mass is 79.9. The van der Waals surface area contributed by atoms with E-state index < -0.39 is 6.43 Å². The van der Waals surface area contributed by atoms with Crippen LogP contribution in [-0.4, -0.2) is 12.1 Å². The average molecular weight is 291 g/mol. The van der Waals surface area contributed by atoms with Gasteiger partial charge in [-0.25, -0.2) is 13.8 Å². The molecule has 1 aromatic heterocycles. The quantitative estimate of drug-likeness (QED) is 0.801. The van der Waals surface area contributed by atoms with E-state index in [0.717, 1.165) is 0 Å². The van der Waals surface area contributed by atoms with Crippen LogP contribution in [0.3, 0.4) is 0 Å². The van der Waals surface area contributed by atoms with Gasteiger partial charge in [-0.05, 0) is 6.07 Å². The molecule has 0 fully saturated rings. The molecular formula is C10H9BrF2N2O. The second kappa shape index (κ2) is 5.75. The number of hydrogen-bond acceptors (Lipinski definition) is 3. The van der Waals surface area contributed by atoms with Gasteiger partial charge in [0.15, 0.2) is 0 Å². The van der Waals surface area contributed by atoms with Crippen molar-refractivity contribution in [1.82, 2.24) is 4.98 Å². The van der Waals surface area contributed by atoms with Crippen LogP contribution in [0.15, 0.2) is 6.07 Å². The van der Waals surface area contributed by atoms with Crippen molar-refractivity contribution >= 4 is 15.9 Å². The number of nitrogens with zero attached hydrogens (tertiary/aromatic N) is 2. The number of alkyl halides is 3. The molecule has 0 amide bonds. The molecule has 0 bridgehead atoms. The second-order valence-corrected chi connectivity index (χ2v) is 3.52. The van der Waals surface area contributed by atoms with Gasteiger partial charge in [-0.2, -0.15) is 5.26 Å². The third-order valence-electron chi connectivity index (χ3n) is 1.96. The van der Waals surface area contributed by atoms with Crippen molar-refractivity contribution < 1.29 is 13.5 Å². The molecule has 16 heavy (non-hydrogen) atoms. The first-order valence-corrected chi connectivity index (χ1v) is 5.54. The molecule has 0 radical (unpaired) electrons. The molecule has 0 aromatic carbocycles. The predicted molar refractivity (Wildman–Crippen MR) is 57.7 cm³/mol. The molecule has 0 aliphatic heterocycles. The van der Waals surface area contributed by atoms with Gasteiger partial charge in [0, 0.05) is 10.9 Å². The van der Waals surface area contributed by atoms with Gasteiger partial charge in [0.2, 0.25) is 0 Å². The first kappa shape index (κ1) is 12.8. The summed E-state index contributed by atoms with van der Waals surface area (Å²) >= 11 is 3.15. The van der Waals surface area contributed by atoms with Crippen molar-refractivity contribution in [3.63, 3.8) is 0 Å². The molecule has 0 aliphatic rings. The lowest BCUT2D eigenvalue weighted by Crippen LogP contribution is -2.03. The number of hydrogen-bond donors (Lipinski definition) is 0. The molecule has 0 saturated heterocycles.